The number of hydrogen-bond donors (Lipinski definition) is 0. The summed E-state index contributed by atoms with van der Waals surface area (Å²) in [5, 5.41) is 11.2. The van der Waals surface area contributed by atoms with Gasteiger partial charge >= 0.3 is 11.9 Å². The number of nitrogens with zero attached hydrogens (tertiary/aromatic N) is 1. The number of nitro groups is 1. The summed E-state index contributed by atoms with van der Waals surface area (Å²) in [6.07, 6.45) is 11.5. The van der Waals surface area contributed by atoms with Gasteiger partial charge in [0.25, 0.3) is 5.69 Å². The molecular weight excluding hydrogens is 939 g/mol. The van der Waals surface area contributed by atoms with E-state index >= 15 is 0 Å². The van der Waals surface area contributed by atoms with Crippen LogP contribution in [0.1, 0.15) is 136 Å². The number of methoxy groups -OCH3 is 1. The highest BCUT2D eigenvalue weighted by Gasteiger charge is 2.51. The molecule has 2 aliphatic heterocycles. The smallest absolute Gasteiger partial charge is 0.365 e. The van der Waals surface area contributed by atoms with Gasteiger partial charge in [0.05, 0.1) is 40.9 Å². The van der Waals surface area contributed by atoms with E-state index in [4.69, 9.17) is 37.3 Å². The van der Waals surface area contributed by atoms with Crippen molar-refractivity contribution < 1.29 is 51.8 Å². The zero-order valence-corrected chi connectivity index (χ0v) is 49.1. The number of ether oxygens (including phenoxy) is 3. The molecule has 0 amide bonds. The number of carbonyl (C=O) groups is 2. The molecule has 0 N–H and O–H groups in total. The number of carbonyl (C=O) groups excluding carboxylic acids is 2. The van der Waals surface area contributed by atoms with Gasteiger partial charge in [-0.25, -0.2) is 9.68 Å². The second-order valence-corrected chi connectivity index (χ2v) is 34.7. The Morgan fingerprint density at radius 3 is 2.00 bits per heavy atom. The number of hydrogen-bond acceptors (Lipinski definition) is 12. The van der Waals surface area contributed by atoms with Crippen LogP contribution in [0.2, 0.25) is 54.4 Å². The summed E-state index contributed by atoms with van der Waals surface area (Å²) in [6.45, 7) is 32.6. The second kappa shape index (κ2) is 27.9. The maximum atomic E-state index is 14.2. The summed E-state index contributed by atoms with van der Waals surface area (Å²) in [7, 11) is -4.52. The highest BCUT2D eigenvalue weighted by molar-refractivity contribution is 6.74. The van der Waals surface area contributed by atoms with E-state index in [0.29, 0.717) is 12.8 Å². The lowest BCUT2D eigenvalue weighted by atomic mass is 9.82. The van der Waals surface area contributed by atoms with Gasteiger partial charge in [-0.05, 0) is 112 Å². The number of epoxide rings is 1. The van der Waals surface area contributed by atoms with Crippen LogP contribution in [-0.4, -0.2) is 90.6 Å². The Kier molecular flexibility index (Phi) is 24.5. The van der Waals surface area contributed by atoms with Gasteiger partial charge in [-0.2, -0.15) is 0 Å². The standard InChI is InChI=1S/C54H93NO12Si3/c1-17-47(66-69(21-5,22-6)23-7)42(13)51-48(61-51)39-53(14,67-70(24-8,25-9)26-10)36-27-28-40(11)50-41(12)29-34-46(52(57)64-63-44-32-30-43(31-33-44)55(58)59)54(15,60-16)37-35-45(38-49(56)62-50)65-68(18-2,19-3)20-4/h27-34,36,41-42,45-48,50-51H,17-26,35,37-39H2,1-16H3. The maximum Gasteiger partial charge on any atom is 0.365 e. The SMILES string of the molecule is CCC(O[Si](CC)(CC)CC)C(C)C1OC1CC(C)(C=CC=C(C)C1OC(=O)CC(O[Si](CC)(CC)CC)CCC(C)(OC)C(C(=O)OOc2ccc([N+](=O)[O-])cc2)C=CC1C)O[Si](CC)(CC)CC. The molecule has 1 aromatic carbocycles. The van der Waals surface area contributed by atoms with Crippen LogP contribution in [0.25, 0.3) is 0 Å². The third-order valence-electron chi connectivity index (χ3n) is 16.4. The fraction of sp³-hybridized carbons (Fsp3) is 0.741. The first-order valence-electron chi connectivity index (χ1n) is 26.7. The average Bonchev–Trinajstić information content (AvgIpc) is 4.13. The van der Waals surface area contributed by atoms with Crippen molar-refractivity contribution in [2.75, 3.05) is 7.11 Å². The van der Waals surface area contributed by atoms with E-state index in [-0.39, 0.29) is 54.0 Å². The van der Waals surface area contributed by atoms with Crippen molar-refractivity contribution in [3.05, 3.63) is 70.3 Å². The lowest BCUT2D eigenvalue weighted by Gasteiger charge is -2.39. The number of benzene rings is 1. The number of non-ortho nitro benzene ring substituents is 1. The molecule has 2 heterocycles. The van der Waals surface area contributed by atoms with Crippen molar-refractivity contribution in [3.63, 3.8) is 0 Å². The van der Waals surface area contributed by atoms with Gasteiger partial charge in [0.2, 0.25) is 0 Å². The van der Waals surface area contributed by atoms with Gasteiger partial charge < -0.3 is 27.5 Å². The maximum absolute atomic E-state index is 14.2. The van der Waals surface area contributed by atoms with Crippen LogP contribution < -0.4 is 4.89 Å². The van der Waals surface area contributed by atoms with Crippen molar-refractivity contribution in [2.24, 2.45) is 17.8 Å². The van der Waals surface area contributed by atoms with Crippen LogP contribution in [0.3, 0.4) is 0 Å². The fourth-order valence-electron chi connectivity index (χ4n) is 10.4. The molecule has 0 aliphatic carbocycles. The molecule has 3 rings (SSSR count). The van der Waals surface area contributed by atoms with Gasteiger partial charge in [0, 0.05) is 43.6 Å². The highest BCUT2D eigenvalue weighted by Crippen LogP contribution is 2.43. The van der Waals surface area contributed by atoms with Gasteiger partial charge in [0.15, 0.2) is 30.7 Å². The number of cyclic esters (lactones) is 1. The molecule has 2 aliphatic rings. The van der Waals surface area contributed by atoms with E-state index in [1.54, 1.807) is 13.2 Å². The molecule has 10 unspecified atom stereocenters. The van der Waals surface area contributed by atoms with E-state index in [1.807, 2.05) is 39.0 Å². The average molecular weight is 1030 g/mol. The molecule has 0 saturated carbocycles. The molecule has 0 bridgehead atoms. The predicted molar refractivity (Wildman–Crippen MR) is 287 cm³/mol. The first kappa shape index (κ1) is 61.3. The Bertz CT molecular complexity index is 1860. The van der Waals surface area contributed by atoms with E-state index in [1.165, 1.54) is 24.3 Å². The second-order valence-electron chi connectivity index (χ2n) is 20.6. The number of rotatable bonds is 28. The molecule has 0 spiro atoms. The van der Waals surface area contributed by atoms with Gasteiger partial charge in [-0.1, -0.05) is 113 Å². The number of nitro benzene ring substituents is 1. The lowest BCUT2D eigenvalue weighted by molar-refractivity contribution is -0.384. The van der Waals surface area contributed by atoms with Crippen LogP contribution in [-0.2, 0) is 42.0 Å². The molecule has 0 radical (unpaired) electrons. The quantitative estimate of drug-likeness (QED) is 0.0115. The van der Waals surface area contributed by atoms with E-state index in [2.05, 4.69) is 89.2 Å². The third kappa shape index (κ3) is 16.5. The monoisotopic (exact) mass is 1030 g/mol. The molecule has 1 fully saturated rings. The summed E-state index contributed by atoms with van der Waals surface area (Å²) in [5.41, 5.74) is -0.992. The Hall–Kier alpha value is -2.97. The van der Waals surface area contributed by atoms with Gasteiger partial charge in [-0.3, -0.25) is 19.8 Å². The summed E-state index contributed by atoms with van der Waals surface area (Å²) in [6, 6.07) is 14.4. The Balaban J connectivity index is 2.05. The Labute approximate surface area is 425 Å². The normalized spacial score (nSPS) is 25.8. The summed E-state index contributed by atoms with van der Waals surface area (Å²) in [5.74, 6) is -2.00. The predicted octanol–water partition coefficient (Wildman–Crippen LogP) is 14.0. The molecule has 0 aromatic heterocycles. The summed E-state index contributed by atoms with van der Waals surface area (Å²) < 4.78 is 40.5. The van der Waals surface area contributed by atoms with E-state index in [9.17, 15) is 19.7 Å². The van der Waals surface area contributed by atoms with Crippen LogP contribution in [0, 0.1) is 27.9 Å². The number of allylic oxidation sites excluding steroid dienone is 2. The lowest BCUT2D eigenvalue weighted by Crippen LogP contribution is -2.46. The fourth-order valence-corrected chi connectivity index (χ4v) is 19.4. The van der Waals surface area contributed by atoms with Crippen molar-refractivity contribution >= 4 is 42.6 Å². The molecule has 10 atom stereocenters. The molecule has 1 aromatic rings. The molecule has 398 valence electrons. The van der Waals surface area contributed by atoms with Crippen LogP contribution in [0.4, 0.5) is 5.69 Å². The third-order valence-corrected chi connectivity index (χ3v) is 30.5. The Morgan fingerprint density at radius 2 is 1.49 bits per heavy atom. The van der Waals surface area contributed by atoms with E-state index < -0.39 is 65.2 Å². The van der Waals surface area contributed by atoms with Crippen molar-refractivity contribution in [1.82, 2.24) is 0 Å². The summed E-state index contributed by atoms with van der Waals surface area (Å²) in [4.78, 5) is 49.8. The van der Waals surface area contributed by atoms with E-state index in [0.717, 1.165) is 72.8 Å². The van der Waals surface area contributed by atoms with Gasteiger partial charge in [-0.15, -0.1) is 0 Å². The van der Waals surface area contributed by atoms with Crippen molar-refractivity contribution in [3.8, 4) is 5.75 Å². The first-order valence-corrected chi connectivity index (χ1v) is 34.3. The largest absolute Gasteiger partial charge is 0.457 e. The minimum Gasteiger partial charge on any atom is -0.457 e. The van der Waals surface area contributed by atoms with Crippen molar-refractivity contribution in [1.29, 1.82) is 0 Å². The zero-order valence-electron chi connectivity index (χ0n) is 46.1. The molecule has 1 saturated heterocycles. The molecule has 13 nitrogen and oxygen atoms in total. The van der Waals surface area contributed by atoms with Crippen molar-refractivity contribution in [2.45, 2.75) is 232 Å². The van der Waals surface area contributed by atoms with Gasteiger partial charge in [0.1, 0.15) is 12.0 Å². The minimum absolute atomic E-state index is 0.0463. The summed E-state index contributed by atoms with van der Waals surface area (Å²) >= 11 is 0. The Morgan fingerprint density at radius 1 is 0.914 bits per heavy atom. The van der Waals surface area contributed by atoms with Crippen LogP contribution in [0.15, 0.2) is 60.2 Å². The van der Waals surface area contributed by atoms with Crippen LogP contribution >= 0.6 is 0 Å². The molecule has 70 heavy (non-hydrogen) atoms. The minimum atomic E-state index is -2.20. The highest BCUT2D eigenvalue weighted by atomic mass is 28.4. The topological polar surface area (TPSA) is 154 Å². The van der Waals surface area contributed by atoms with Crippen LogP contribution in [0.5, 0.6) is 5.75 Å². The number of esters is 1. The first-order chi connectivity index (χ1) is 33.1. The molecular formula is C54H93NO12Si3. The molecule has 16 heteroatoms. The zero-order chi connectivity index (χ0) is 52.5.